The minimum absolute atomic E-state index is 0.101. The molecule has 1 unspecified atom stereocenters. The summed E-state index contributed by atoms with van der Waals surface area (Å²) in [5, 5.41) is 2.05. The molecule has 154 valence electrons. The number of benzene rings is 3. The first-order valence-corrected chi connectivity index (χ1v) is 10.4. The van der Waals surface area contributed by atoms with Crippen molar-refractivity contribution in [3.05, 3.63) is 101 Å². The topological polar surface area (TPSA) is 91.2 Å². The first-order valence-electron chi connectivity index (χ1n) is 10.4. The van der Waals surface area contributed by atoms with Crippen molar-refractivity contribution in [2.75, 3.05) is 0 Å². The molecule has 5 nitrogen and oxygen atoms in total. The highest BCUT2D eigenvalue weighted by molar-refractivity contribution is 5.93. The predicted octanol–water partition coefficient (Wildman–Crippen LogP) is 4.86. The van der Waals surface area contributed by atoms with Crippen LogP contribution < -0.4 is 16.2 Å². The molecular formula is C26H23N3O2. The van der Waals surface area contributed by atoms with E-state index in [-0.39, 0.29) is 6.04 Å². The Balaban J connectivity index is 1.50. The summed E-state index contributed by atoms with van der Waals surface area (Å²) in [6.07, 6.45) is 3.55. The number of nitrogens with two attached hydrogens (primary N) is 2. The van der Waals surface area contributed by atoms with Gasteiger partial charge in [0.25, 0.3) is 0 Å². The molecular weight excluding hydrogens is 386 g/mol. The molecule has 5 heteroatoms. The van der Waals surface area contributed by atoms with Crippen LogP contribution in [0.2, 0.25) is 0 Å². The van der Waals surface area contributed by atoms with Gasteiger partial charge in [-0.2, -0.15) is 0 Å². The fourth-order valence-electron chi connectivity index (χ4n) is 4.55. The number of carbonyl (C=O) groups is 1. The minimum Gasteiger partial charge on any atom is -0.438 e. The van der Waals surface area contributed by atoms with Gasteiger partial charge in [-0.3, -0.25) is 4.79 Å². The monoisotopic (exact) mass is 409 g/mol. The maximum absolute atomic E-state index is 11.3. The molecule has 0 aliphatic heterocycles. The van der Waals surface area contributed by atoms with E-state index in [4.69, 9.17) is 16.2 Å². The van der Waals surface area contributed by atoms with Crippen molar-refractivity contribution < 1.29 is 9.53 Å². The van der Waals surface area contributed by atoms with Crippen molar-refractivity contribution in [2.24, 2.45) is 11.5 Å². The van der Waals surface area contributed by atoms with Crippen LogP contribution in [0.4, 0.5) is 0 Å². The Morgan fingerprint density at radius 3 is 2.52 bits per heavy atom. The number of primary amides is 1. The van der Waals surface area contributed by atoms with Crippen molar-refractivity contribution in [1.82, 2.24) is 4.98 Å². The molecule has 0 bridgehead atoms. The van der Waals surface area contributed by atoms with Crippen molar-refractivity contribution in [3.63, 3.8) is 0 Å². The molecule has 3 aromatic carbocycles. The predicted molar refractivity (Wildman–Crippen MR) is 121 cm³/mol. The number of fused-ring (bicyclic) bond motifs is 2. The van der Waals surface area contributed by atoms with Crippen LogP contribution in [0.5, 0.6) is 11.6 Å². The number of aryl methyl sites for hydroxylation is 1. The average Bonchev–Trinajstić information content (AvgIpc) is 3.23. The van der Waals surface area contributed by atoms with E-state index in [2.05, 4.69) is 41.4 Å². The molecule has 0 saturated heterocycles. The van der Waals surface area contributed by atoms with Crippen LogP contribution in [0.15, 0.2) is 79.0 Å². The van der Waals surface area contributed by atoms with Crippen LogP contribution in [0.3, 0.4) is 0 Å². The molecule has 0 radical (unpaired) electrons. The number of rotatable bonds is 5. The second-order valence-corrected chi connectivity index (χ2v) is 7.92. The molecule has 1 aromatic heterocycles. The summed E-state index contributed by atoms with van der Waals surface area (Å²) in [5.41, 5.74) is 16.3. The quantitative estimate of drug-likeness (QED) is 0.493. The second-order valence-electron chi connectivity index (χ2n) is 7.92. The SMILES string of the molecule is NC(=O)c1ccc(Oc2ccc(C(N)[C@@H]3CCc4ccccc43)c3ccccc23)nc1. The summed E-state index contributed by atoms with van der Waals surface area (Å²) in [6.45, 7) is 0. The number of amides is 1. The number of ether oxygens (including phenoxy) is 1. The van der Waals surface area contributed by atoms with Crippen LogP contribution in [-0.4, -0.2) is 10.9 Å². The Labute approximate surface area is 180 Å². The molecule has 1 heterocycles. The molecule has 1 aliphatic carbocycles. The summed E-state index contributed by atoms with van der Waals surface area (Å²) in [5.74, 6) is 0.875. The third kappa shape index (κ3) is 3.53. The number of pyridine rings is 1. The maximum Gasteiger partial charge on any atom is 0.250 e. The van der Waals surface area contributed by atoms with Crippen molar-refractivity contribution >= 4 is 16.7 Å². The van der Waals surface area contributed by atoms with E-state index in [9.17, 15) is 4.79 Å². The van der Waals surface area contributed by atoms with E-state index >= 15 is 0 Å². The Bertz CT molecular complexity index is 1270. The van der Waals surface area contributed by atoms with Crippen molar-refractivity contribution in [1.29, 1.82) is 0 Å². The van der Waals surface area contributed by atoms with Gasteiger partial charge < -0.3 is 16.2 Å². The van der Waals surface area contributed by atoms with Gasteiger partial charge in [0.15, 0.2) is 0 Å². The van der Waals surface area contributed by atoms with Gasteiger partial charge in [0.05, 0.1) is 5.56 Å². The van der Waals surface area contributed by atoms with Gasteiger partial charge in [0.2, 0.25) is 11.8 Å². The van der Waals surface area contributed by atoms with Crippen LogP contribution in [-0.2, 0) is 6.42 Å². The van der Waals surface area contributed by atoms with Gasteiger partial charge in [-0.15, -0.1) is 0 Å². The van der Waals surface area contributed by atoms with Gasteiger partial charge >= 0.3 is 0 Å². The zero-order chi connectivity index (χ0) is 21.4. The zero-order valence-electron chi connectivity index (χ0n) is 17.0. The highest BCUT2D eigenvalue weighted by atomic mass is 16.5. The normalized spacial score (nSPS) is 16.1. The Hall–Kier alpha value is -3.70. The first kappa shape index (κ1) is 19.3. The van der Waals surface area contributed by atoms with E-state index in [1.54, 1.807) is 12.1 Å². The first-order chi connectivity index (χ1) is 15.1. The third-order valence-corrected chi connectivity index (χ3v) is 6.13. The third-order valence-electron chi connectivity index (χ3n) is 6.13. The van der Waals surface area contributed by atoms with Crippen molar-refractivity contribution in [3.8, 4) is 11.6 Å². The Kier molecular flexibility index (Phi) is 4.88. The summed E-state index contributed by atoms with van der Waals surface area (Å²) in [7, 11) is 0. The van der Waals surface area contributed by atoms with Gasteiger partial charge in [-0.05, 0) is 47.1 Å². The van der Waals surface area contributed by atoms with E-state index in [1.807, 2.05) is 24.3 Å². The molecule has 0 fully saturated rings. The molecule has 5 rings (SSSR count). The molecule has 4 N–H and O–H groups in total. The van der Waals surface area contributed by atoms with Gasteiger partial charge in [-0.25, -0.2) is 4.98 Å². The standard InChI is InChI=1S/C26H23N3O2/c27-25(21-11-9-16-5-1-2-6-18(16)21)22-12-13-23(20-8-4-3-7-19(20)22)31-24-14-10-17(15-29-24)26(28)30/h1-8,10,12-15,21,25H,9,11,27H2,(H2,28,30)/t21-,25?/m1/s1. The van der Waals surface area contributed by atoms with E-state index < -0.39 is 5.91 Å². The fraction of sp³-hybridized carbons (Fsp3) is 0.154. The minimum atomic E-state index is -0.517. The van der Waals surface area contributed by atoms with E-state index in [0.29, 0.717) is 23.1 Å². The van der Waals surface area contributed by atoms with Crippen LogP contribution in [0, 0.1) is 0 Å². The smallest absolute Gasteiger partial charge is 0.250 e. The number of aromatic nitrogens is 1. The molecule has 0 saturated carbocycles. The van der Waals surface area contributed by atoms with Crippen molar-refractivity contribution in [2.45, 2.75) is 24.8 Å². The van der Waals surface area contributed by atoms with Gasteiger partial charge in [-0.1, -0.05) is 54.6 Å². The second kappa shape index (κ2) is 7.85. The number of carbonyl (C=O) groups excluding carboxylic acids is 1. The largest absolute Gasteiger partial charge is 0.438 e. The van der Waals surface area contributed by atoms with E-state index in [0.717, 1.165) is 29.2 Å². The summed E-state index contributed by atoms with van der Waals surface area (Å²) in [4.78, 5) is 15.5. The molecule has 31 heavy (non-hydrogen) atoms. The van der Waals surface area contributed by atoms with Crippen LogP contribution in [0.25, 0.3) is 10.8 Å². The number of nitrogens with zero attached hydrogens (tertiary/aromatic N) is 1. The lowest BCUT2D eigenvalue weighted by molar-refractivity contribution is 0.1000. The maximum atomic E-state index is 11.3. The summed E-state index contributed by atoms with van der Waals surface area (Å²) >= 11 is 0. The highest BCUT2D eigenvalue weighted by Gasteiger charge is 2.29. The fourth-order valence-corrected chi connectivity index (χ4v) is 4.55. The van der Waals surface area contributed by atoms with E-state index in [1.165, 1.54) is 17.3 Å². The molecule has 1 aliphatic rings. The zero-order valence-corrected chi connectivity index (χ0v) is 17.0. The Morgan fingerprint density at radius 1 is 0.968 bits per heavy atom. The lowest BCUT2D eigenvalue weighted by Crippen LogP contribution is -2.18. The van der Waals surface area contributed by atoms with Gasteiger partial charge in [0.1, 0.15) is 5.75 Å². The number of hydrogen-bond donors (Lipinski definition) is 2. The molecule has 4 aromatic rings. The number of hydrogen-bond acceptors (Lipinski definition) is 4. The lowest BCUT2D eigenvalue weighted by atomic mass is 9.86. The molecule has 1 amide bonds. The van der Waals surface area contributed by atoms with Gasteiger partial charge in [0, 0.05) is 29.6 Å². The molecule has 2 atom stereocenters. The lowest BCUT2D eigenvalue weighted by Gasteiger charge is -2.23. The van der Waals surface area contributed by atoms with Crippen LogP contribution >= 0.6 is 0 Å². The van der Waals surface area contributed by atoms with Crippen LogP contribution in [0.1, 0.15) is 45.4 Å². The summed E-state index contributed by atoms with van der Waals surface area (Å²) in [6, 6.07) is 23.9. The highest BCUT2D eigenvalue weighted by Crippen LogP contribution is 2.43. The Morgan fingerprint density at radius 2 is 1.74 bits per heavy atom. The average molecular weight is 409 g/mol. The summed E-state index contributed by atoms with van der Waals surface area (Å²) < 4.78 is 6.04. The molecule has 0 spiro atoms.